The van der Waals surface area contributed by atoms with Gasteiger partial charge in [0.05, 0.1) is 6.04 Å². The van der Waals surface area contributed by atoms with Gasteiger partial charge in [0.1, 0.15) is 6.04 Å². The highest BCUT2D eigenvalue weighted by Crippen LogP contribution is 2.25. The number of nitrogens with one attached hydrogen (secondary N) is 2. The summed E-state index contributed by atoms with van der Waals surface area (Å²) >= 11 is 6.15. The van der Waals surface area contributed by atoms with E-state index in [4.69, 9.17) is 11.6 Å². The van der Waals surface area contributed by atoms with E-state index in [1.807, 2.05) is 41.3 Å². The van der Waals surface area contributed by atoms with Gasteiger partial charge < -0.3 is 20.4 Å². The highest BCUT2D eigenvalue weighted by molar-refractivity contribution is 6.30. The third-order valence-corrected chi connectivity index (χ3v) is 9.38. The summed E-state index contributed by atoms with van der Waals surface area (Å²) < 4.78 is 0. The molecule has 0 spiro atoms. The molecule has 3 aromatic carbocycles. The maximum Gasteiger partial charge on any atom is 0.245 e. The van der Waals surface area contributed by atoms with Crippen molar-refractivity contribution in [3.05, 3.63) is 106 Å². The molecular weight excluding hydrogens is 582 g/mol. The lowest BCUT2D eigenvalue weighted by Crippen LogP contribution is -2.58. The molecule has 240 valence electrons. The molecule has 1 saturated heterocycles. The summed E-state index contributed by atoms with van der Waals surface area (Å²) in [7, 11) is 0. The molecule has 0 aromatic heterocycles. The van der Waals surface area contributed by atoms with Crippen molar-refractivity contribution < 1.29 is 9.59 Å². The number of fused-ring (bicyclic) bond motifs is 1. The Morgan fingerprint density at radius 2 is 1.53 bits per heavy atom. The molecule has 0 bridgehead atoms. The molecule has 3 aromatic rings. The van der Waals surface area contributed by atoms with E-state index in [1.165, 1.54) is 16.7 Å². The quantitative estimate of drug-likeness (QED) is 0.276. The first kappa shape index (κ1) is 33.1. The zero-order chi connectivity index (χ0) is 31.6. The van der Waals surface area contributed by atoms with Crippen LogP contribution < -0.4 is 10.6 Å². The predicted octanol–water partition coefficient (Wildman–Crippen LogP) is 5.09. The number of piperazine rings is 1. The van der Waals surface area contributed by atoms with Gasteiger partial charge in [-0.2, -0.15) is 0 Å². The van der Waals surface area contributed by atoms with Crippen molar-refractivity contribution in [3.63, 3.8) is 0 Å². The number of hydrogen-bond donors (Lipinski definition) is 2. The molecule has 2 heterocycles. The molecule has 8 heteroatoms. The summed E-state index contributed by atoms with van der Waals surface area (Å²) in [5, 5.41) is 7.17. The Kier molecular flexibility index (Phi) is 12.1. The molecule has 5 rings (SSSR count). The summed E-state index contributed by atoms with van der Waals surface area (Å²) in [6.45, 7) is 11.1. The molecule has 45 heavy (non-hydrogen) atoms. The molecule has 2 amide bonds. The maximum atomic E-state index is 14.1. The van der Waals surface area contributed by atoms with Crippen LogP contribution in [0.1, 0.15) is 55.0 Å². The zero-order valence-electron chi connectivity index (χ0n) is 26.8. The minimum absolute atomic E-state index is 0.0241. The Balaban J connectivity index is 1.27. The minimum atomic E-state index is -0.654. The van der Waals surface area contributed by atoms with Gasteiger partial charge in [-0.25, -0.2) is 0 Å². The highest BCUT2D eigenvalue weighted by Gasteiger charge is 2.34. The first-order valence-electron chi connectivity index (χ1n) is 16.6. The average Bonchev–Trinajstić information content (AvgIpc) is 3.08. The van der Waals surface area contributed by atoms with Crippen molar-refractivity contribution in [2.24, 2.45) is 0 Å². The molecule has 1 unspecified atom stereocenters. The van der Waals surface area contributed by atoms with Gasteiger partial charge in [-0.3, -0.25) is 14.5 Å². The van der Waals surface area contributed by atoms with Crippen LogP contribution in [0.3, 0.4) is 0 Å². The SMILES string of the molecule is CCCN(CCC)CC(c1ccccc1)N1CCN(C(=O)[C@@H](Cc2ccc(Cl)cc2)NC(=O)[C@H]2Cc3ccccc3CN2)CC1. The fourth-order valence-corrected chi connectivity index (χ4v) is 6.85. The Bertz CT molecular complexity index is 1370. The van der Waals surface area contributed by atoms with E-state index in [2.05, 4.69) is 76.7 Å². The summed E-state index contributed by atoms with van der Waals surface area (Å²) in [5.74, 6) is -0.157. The van der Waals surface area contributed by atoms with Gasteiger partial charge in [-0.05, 0) is 66.7 Å². The summed E-state index contributed by atoms with van der Waals surface area (Å²) in [4.78, 5) is 34.8. The van der Waals surface area contributed by atoms with Gasteiger partial charge in [-0.15, -0.1) is 0 Å². The zero-order valence-corrected chi connectivity index (χ0v) is 27.5. The van der Waals surface area contributed by atoms with E-state index in [0.29, 0.717) is 37.5 Å². The number of rotatable bonds is 13. The largest absolute Gasteiger partial charge is 0.343 e. The Morgan fingerprint density at radius 3 is 2.20 bits per heavy atom. The van der Waals surface area contributed by atoms with Crippen molar-refractivity contribution in [1.82, 2.24) is 25.3 Å². The van der Waals surface area contributed by atoms with Gasteiger partial charge in [-0.1, -0.05) is 92.2 Å². The topological polar surface area (TPSA) is 67.9 Å². The first-order chi connectivity index (χ1) is 21.9. The number of amides is 2. The number of carbonyl (C=O) groups excluding carboxylic acids is 2. The Hall–Kier alpha value is -3.23. The van der Waals surface area contributed by atoms with Crippen molar-refractivity contribution >= 4 is 23.4 Å². The summed E-state index contributed by atoms with van der Waals surface area (Å²) in [5.41, 5.74) is 4.69. The molecule has 2 N–H and O–H groups in total. The van der Waals surface area contributed by atoms with Crippen LogP contribution in [0, 0.1) is 0 Å². The molecule has 2 aliphatic rings. The number of hydrogen-bond acceptors (Lipinski definition) is 5. The molecule has 7 nitrogen and oxygen atoms in total. The van der Waals surface area contributed by atoms with Crippen LogP contribution in [-0.2, 0) is 29.0 Å². The molecule has 3 atom stereocenters. The second kappa shape index (κ2) is 16.4. The second-order valence-corrected chi connectivity index (χ2v) is 12.8. The Labute approximate surface area is 273 Å². The lowest BCUT2D eigenvalue weighted by Gasteiger charge is -2.42. The smallest absolute Gasteiger partial charge is 0.245 e. The normalized spacial score (nSPS) is 18.3. The molecule has 0 radical (unpaired) electrons. The van der Waals surface area contributed by atoms with Gasteiger partial charge in [0.2, 0.25) is 11.8 Å². The van der Waals surface area contributed by atoms with E-state index < -0.39 is 6.04 Å². The molecule has 0 saturated carbocycles. The molecule has 1 fully saturated rings. The number of halogens is 1. The summed E-state index contributed by atoms with van der Waals surface area (Å²) in [6, 6.07) is 25.8. The lowest BCUT2D eigenvalue weighted by molar-refractivity contribution is -0.138. The fourth-order valence-electron chi connectivity index (χ4n) is 6.72. The fraction of sp³-hybridized carbons (Fsp3) is 0.459. The van der Waals surface area contributed by atoms with Gasteiger partial charge in [0, 0.05) is 56.8 Å². The molecule has 2 aliphatic heterocycles. The van der Waals surface area contributed by atoms with Crippen LogP contribution in [0.2, 0.25) is 5.02 Å². The minimum Gasteiger partial charge on any atom is -0.343 e. The number of benzene rings is 3. The highest BCUT2D eigenvalue weighted by atomic mass is 35.5. The van der Waals surface area contributed by atoms with Crippen LogP contribution in [-0.4, -0.2) is 84.4 Å². The van der Waals surface area contributed by atoms with Crippen molar-refractivity contribution in [2.45, 2.75) is 64.2 Å². The third-order valence-electron chi connectivity index (χ3n) is 9.13. The number of carbonyl (C=O) groups is 2. The maximum absolute atomic E-state index is 14.1. The monoisotopic (exact) mass is 629 g/mol. The molecule has 0 aliphatic carbocycles. The van der Waals surface area contributed by atoms with Gasteiger partial charge >= 0.3 is 0 Å². The van der Waals surface area contributed by atoms with Crippen LogP contribution >= 0.6 is 11.6 Å². The standard InChI is InChI=1S/C37H48ClN5O2/c1-3-18-41(19-4-2)27-35(29-10-6-5-7-11-29)42-20-22-43(23-21-42)37(45)34(24-28-14-16-32(38)17-15-28)40-36(44)33-25-30-12-8-9-13-31(30)26-39-33/h5-17,33-35,39H,3-4,18-27H2,1-2H3,(H,40,44)/t33-,34-,35?/m1/s1. The van der Waals surface area contributed by atoms with Crippen LogP contribution in [0.5, 0.6) is 0 Å². The van der Waals surface area contributed by atoms with E-state index in [0.717, 1.165) is 51.1 Å². The van der Waals surface area contributed by atoms with Crippen LogP contribution in [0.4, 0.5) is 0 Å². The lowest BCUT2D eigenvalue weighted by atomic mass is 9.95. The van der Waals surface area contributed by atoms with Crippen LogP contribution in [0.25, 0.3) is 0 Å². The van der Waals surface area contributed by atoms with Gasteiger partial charge in [0.25, 0.3) is 0 Å². The Morgan fingerprint density at radius 1 is 0.889 bits per heavy atom. The van der Waals surface area contributed by atoms with Crippen molar-refractivity contribution in [3.8, 4) is 0 Å². The van der Waals surface area contributed by atoms with Crippen molar-refractivity contribution in [1.29, 1.82) is 0 Å². The third kappa shape index (κ3) is 8.95. The van der Waals surface area contributed by atoms with E-state index >= 15 is 0 Å². The predicted molar refractivity (Wildman–Crippen MR) is 182 cm³/mol. The van der Waals surface area contributed by atoms with Crippen molar-refractivity contribution in [2.75, 3.05) is 45.8 Å². The summed E-state index contributed by atoms with van der Waals surface area (Å²) in [6.07, 6.45) is 3.29. The second-order valence-electron chi connectivity index (χ2n) is 12.4. The van der Waals surface area contributed by atoms with E-state index in [-0.39, 0.29) is 23.9 Å². The van der Waals surface area contributed by atoms with Gasteiger partial charge in [0.15, 0.2) is 0 Å². The van der Waals surface area contributed by atoms with E-state index in [1.54, 1.807) is 0 Å². The number of nitrogens with zero attached hydrogens (tertiary/aromatic N) is 3. The van der Waals surface area contributed by atoms with E-state index in [9.17, 15) is 9.59 Å². The first-order valence-corrected chi connectivity index (χ1v) is 17.0. The van der Waals surface area contributed by atoms with Crippen LogP contribution in [0.15, 0.2) is 78.9 Å². The molecular formula is C37H48ClN5O2. The average molecular weight is 630 g/mol.